The number of piperidine rings is 2. The van der Waals surface area contributed by atoms with Crippen molar-refractivity contribution in [1.29, 1.82) is 0 Å². The zero-order valence-corrected chi connectivity index (χ0v) is 16.2. The summed E-state index contributed by atoms with van der Waals surface area (Å²) in [4.78, 5) is 4.86. The molecule has 1 aromatic carbocycles. The molecule has 0 aromatic heterocycles. The van der Waals surface area contributed by atoms with E-state index >= 15 is 0 Å². The molecule has 0 radical (unpaired) electrons. The summed E-state index contributed by atoms with van der Waals surface area (Å²) < 4.78 is 10.7. The minimum Gasteiger partial charge on any atom is -0.493 e. The Bertz CT molecular complexity index is 613. The molecule has 1 aromatic rings. The van der Waals surface area contributed by atoms with Gasteiger partial charge in [-0.2, -0.15) is 0 Å². The minimum atomic E-state index is 0.0604. The molecule has 1 N–H and O–H groups in total. The van der Waals surface area contributed by atoms with Gasteiger partial charge in [0.05, 0.1) is 25.8 Å². The first-order chi connectivity index (χ1) is 12.0. The maximum Gasteiger partial charge on any atom is 0.179 e. The zero-order chi connectivity index (χ0) is 18.0. The third kappa shape index (κ3) is 3.47. The number of halogens is 1. The molecule has 2 heterocycles. The highest BCUT2D eigenvalue weighted by Gasteiger charge is 2.46. The van der Waals surface area contributed by atoms with E-state index in [0.717, 1.165) is 44.6 Å². The molecule has 2 fully saturated rings. The molecule has 0 bridgehead atoms. The van der Waals surface area contributed by atoms with E-state index in [2.05, 4.69) is 16.8 Å². The van der Waals surface area contributed by atoms with Crippen LogP contribution in [0.15, 0.2) is 12.1 Å². The summed E-state index contributed by atoms with van der Waals surface area (Å²) in [6.45, 7) is 4.12. The van der Waals surface area contributed by atoms with Crippen LogP contribution in [0.2, 0.25) is 5.02 Å². The first-order valence-electron chi connectivity index (χ1n) is 8.97. The van der Waals surface area contributed by atoms with Gasteiger partial charge in [-0.1, -0.05) is 17.7 Å². The van der Waals surface area contributed by atoms with Gasteiger partial charge in [0.1, 0.15) is 0 Å². The van der Waals surface area contributed by atoms with Gasteiger partial charge in [0.2, 0.25) is 0 Å². The number of hydrogen-bond donors (Lipinski definition) is 1. The fourth-order valence-electron chi connectivity index (χ4n) is 4.51. The van der Waals surface area contributed by atoms with Crippen LogP contribution in [0.5, 0.6) is 11.5 Å². The van der Waals surface area contributed by atoms with Crippen molar-refractivity contribution in [2.45, 2.75) is 31.8 Å². The molecule has 140 valence electrons. The lowest BCUT2D eigenvalue weighted by atomic mass is 9.69. The summed E-state index contributed by atoms with van der Waals surface area (Å²) in [6, 6.07) is 4.33. The van der Waals surface area contributed by atoms with Crippen LogP contribution >= 0.6 is 11.6 Å². The van der Waals surface area contributed by atoms with E-state index in [1.807, 2.05) is 12.1 Å². The van der Waals surface area contributed by atoms with Crippen molar-refractivity contribution in [2.24, 2.45) is 5.41 Å². The van der Waals surface area contributed by atoms with Gasteiger partial charge in [-0.05, 0) is 51.0 Å². The second-order valence-electron chi connectivity index (χ2n) is 7.38. The number of rotatable bonds is 5. The van der Waals surface area contributed by atoms with Gasteiger partial charge in [0, 0.05) is 24.5 Å². The normalized spacial score (nSPS) is 27.8. The summed E-state index contributed by atoms with van der Waals surface area (Å²) in [7, 11) is 5.41. The Morgan fingerprint density at radius 1 is 1.24 bits per heavy atom. The van der Waals surface area contributed by atoms with Gasteiger partial charge in [-0.15, -0.1) is 0 Å². The van der Waals surface area contributed by atoms with Crippen LogP contribution in [-0.2, 0) is 6.54 Å². The van der Waals surface area contributed by atoms with E-state index in [1.54, 1.807) is 14.2 Å². The summed E-state index contributed by atoms with van der Waals surface area (Å²) in [5.74, 6) is 1.25. The third-order valence-corrected chi connectivity index (χ3v) is 6.47. The number of hydrogen-bond acceptors (Lipinski definition) is 5. The zero-order valence-electron chi connectivity index (χ0n) is 15.4. The molecule has 5 nitrogen and oxygen atoms in total. The maximum atomic E-state index is 10.0. The molecule has 25 heavy (non-hydrogen) atoms. The molecule has 6 heteroatoms. The van der Waals surface area contributed by atoms with Gasteiger partial charge in [0.15, 0.2) is 11.5 Å². The number of likely N-dealkylation sites (N-methyl/N-ethyl adjacent to an activating group) is 1. The molecule has 0 amide bonds. The van der Waals surface area contributed by atoms with E-state index in [4.69, 9.17) is 21.1 Å². The number of fused-ring (bicyclic) bond motifs is 1. The van der Waals surface area contributed by atoms with E-state index in [9.17, 15) is 5.11 Å². The molecule has 0 aliphatic carbocycles. The Hall–Kier alpha value is -1.01. The topological polar surface area (TPSA) is 45.2 Å². The number of methoxy groups -OCH3 is 2. The molecule has 2 saturated heterocycles. The minimum absolute atomic E-state index is 0.0604. The summed E-state index contributed by atoms with van der Waals surface area (Å²) in [5.41, 5.74) is 1.11. The van der Waals surface area contributed by atoms with Gasteiger partial charge in [-0.25, -0.2) is 0 Å². The Morgan fingerprint density at radius 2 is 2.04 bits per heavy atom. The fraction of sp³-hybridized carbons (Fsp3) is 0.684. The van der Waals surface area contributed by atoms with E-state index in [-0.39, 0.29) is 12.0 Å². The second kappa shape index (κ2) is 7.70. The van der Waals surface area contributed by atoms with E-state index < -0.39 is 0 Å². The Morgan fingerprint density at radius 3 is 2.72 bits per heavy atom. The smallest absolute Gasteiger partial charge is 0.179 e. The average molecular weight is 369 g/mol. The van der Waals surface area contributed by atoms with Gasteiger partial charge in [0.25, 0.3) is 0 Å². The largest absolute Gasteiger partial charge is 0.493 e. The molecule has 2 aliphatic rings. The molecule has 0 saturated carbocycles. The number of ether oxygens (including phenoxy) is 2. The van der Waals surface area contributed by atoms with Crippen LogP contribution in [0, 0.1) is 5.41 Å². The van der Waals surface area contributed by atoms with E-state index in [0.29, 0.717) is 22.6 Å². The van der Waals surface area contributed by atoms with Gasteiger partial charge < -0.3 is 19.5 Å². The molecular formula is C19H29ClN2O3. The quantitative estimate of drug-likeness (QED) is 0.865. The van der Waals surface area contributed by atoms with Crippen LogP contribution in [0.4, 0.5) is 0 Å². The lowest BCUT2D eigenvalue weighted by Crippen LogP contribution is -2.61. The van der Waals surface area contributed by atoms with Crippen molar-refractivity contribution in [3.8, 4) is 11.5 Å². The van der Waals surface area contributed by atoms with Crippen LogP contribution in [-0.4, -0.2) is 68.5 Å². The summed E-state index contributed by atoms with van der Waals surface area (Å²) >= 11 is 6.55. The SMILES string of the molecule is COc1ccc(CN2CC[C@@]3(CO)CCCN(C)[C@@H]3C2)c(Cl)c1OC. The number of benzene rings is 1. The summed E-state index contributed by atoms with van der Waals surface area (Å²) in [5, 5.41) is 10.7. The van der Waals surface area contributed by atoms with Crippen LogP contribution in [0.25, 0.3) is 0 Å². The van der Waals surface area contributed by atoms with Crippen molar-refractivity contribution in [1.82, 2.24) is 9.80 Å². The lowest BCUT2D eigenvalue weighted by molar-refractivity contribution is -0.0684. The highest BCUT2D eigenvalue weighted by molar-refractivity contribution is 6.33. The van der Waals surface area contributed by atoms with E-state index in [1.165, 1.54) is 6.42 Å². The molecule has 2 aliphatic heterocycles. The Balaban J connectivity index is 1.77. The first-order valence-corrected chi connectivity index (χ1v) is 9.35. The van der Waals surface area contributed by atoms with Crippen LogP contribution in [0.3, 0.4) is 0 Å². The monoisotopic (exact) mass is 368 g/mol. The van der Waals surface area contributed by atoms with Crippen molar-refractivity contribution < 1.29 is 14.6 Å². The van der Waals surface area contributed by atoms with Crippen molar-refractivity contribution in [2.75, 3.05) is 47.5 Å². The number of aliphatic hydroxyl groups excluding tert-OH is 1. The maximum absolute atomic E-state index is 10.0. The first kappa shape index (κ1) is 18.8. The second-order valence-corrected chi connectivity index (χ2v) is 7.76. The third-order valence-electron chi connectivity index (χ3n) is 6.06. The predicted molar refractivity (Wildman–Crippen MR) is 99.6 cm³/mol. The highest BCUT2D eigenvalue weighted by atomic mass is 35.5. The van der Waals surface area contributed by atoms with Gasteiger partial charge >= 0.3 is 0 Å². The average Bonchev–Trinajstić information content (AvgIpc) is 2.64. The molecular weight excluding hydrogens is 340 g/mol. The number of nitrogens with zero attached hydrogens (tertiary/aromatic N) is 2. The fourth-order valence-corrected chi connectivity index (χ4v) is 4.80. The van der Waals surface area contributed by atoms with Crippen molar-refractivity contribution in [3.05, 3.63) is 22.7 Å². The molecule has 3 rings (SSSR count). The Labute approximate surface area is 155 Å². The van der Waals surface area contributed by atoms with Gasteiger partial charge in [-0.3, -0.25) is 4.90 Å². The summed E-state index contributed by atoms with van der Waals surface area (Å²) in [6.07, 6.45) is 3.34. The number of likely N-dealkylation sites (tertiary alicyclic amines) is 2. The highest BCUT2D eigenvalue weighted by Crippen LogP contribution is 2.43. The van der Waals surface area contributed by atoms with Crippen LogP contribution in [0.1, 0.15) is 24.8 Å². The molecule has 2 atom stereocenters. The number of aliphatic hydroxyl groups is 1. The van der Waals surface area contributed by atoms with Crippen molar-refractivity contribution >= 4 is 11.6 Å². The Kier molecular flexibility index (Phi) is 5.78. The predicted octanol–water partition coefficient (Wildman–Crippen LogP) is 2.64. The van der Waals surface area contributed by atoms with Crippen molar-refractivity contribution in [3.63, 3.8) is 0 Å². The molecule has 0 unspecified atom stereocenters. The lowest BCUT2D eigenvalue weighted by Gasteiger charge is -2.53. The van der Waals surface area contributed by atoms with Crippen LogP contribution < -0.4 is 9.47 Å². The molecule has 0 spiro atoms. The standard InChI is InChI=1S/C19H29ClN2O3/c1-21-9-4-7-19(13-23)8-10-22(12-16(19)21)11-14-5-6-15(24-2)18(25-3)17(14)20/h5-6,16,23H,4,7-13H2,1-3H3/t16-,19-/m1/s1.